The molecular weight excluding hydrogens is 158 g/mol. The lowest BCUT2D eigenvalue weighted by Gasteiger charge is -1.80. The van der Waals surface area contributed by atoms with E-state index in [0.717, 1.165) is 4.88 Å². The third kappa shape index (κ3) is 2.22. The number of hydrogen-bond donors (Lipinski definition) is 2. The van der Waals surface area contributed by atoms with Crippen molar-refractivity contribution in [1.82, 2.24) is 0 Å². The van der Waals surface area contributed by atoms with Gasteiger partial charge in [0.05, 0.1) is 0 Å². The maximum absolute atomic E-state index is 8.74. The van der Waals surface area contributed by atoms with E-state index >= 15 is 0 Å². The highest BCUT2D eigenvalue weighted by Gasteiger charge is 1.91. The summed E-state index contributed by atoms with van der Waals surface area (Å²) in [6.07, 6.45) is 0. The first-order chi connectivity index (χ1) is 3.83. The van der Waals surface area contributed by atoms with Gasteiger partial charge in [0.2, 0.25) is 0 Å². The van der Waals surface area contributed by atoms with E-state index in [4.69, 9.17) is 10.8 Å². The van der Waals surface area contributed by atoms with Crippen molar-refractivity contribution in [3.63, 3.8) is 0 Å². The molecule has 0 radical (unpaired) electrons. The molecule has 0 spiro atoms. The zero-order chi connectivity index (χ0) is 5.98. The van der Waals surface area contributed by atoms with Gasteiger partial charge in [-0.1, -0.05) is 0 Å². The highest BCUT2D eigenvalue weighted by atomic mass is 35.5. The van der Waals surface area contributed by atoms with Gasteiger partial charge in [0.25, 0.3) is 0 Å². The van der Waals surface area contributed by atoms with Gasteiger partial charge in [-0.15, -0.1) is 23.7 Å². The Kier molecular flexibility index (Phi) is 3.61. The highest BCUT2D eigenvalue weighted by molar-refractivity contribution is 7.10. The summed E-state index contributed by atoms with van der Waals surface area (Å²) < 4.78 is 0. The molecule has 3 N–H and O–H groups in total. The Bertz CT molecular complexity index is 177. The van der Waals surface area contributed by atoms with Gasteiger partial charge in [0.15, 0.2) is 0 Å². The van der Waals surface area contributed by atoms with Crippen molar-refractivity contribution < 1.29 is 5.11 Å². The Balaban J connectivity index is 0.000000640. The summed E-state index contributed by atoms with van der Waals surface area (Å²) in [4.78, 5) is 1.02. The number of halogens is 1. The Morgan fingerprint density at radius 2 is 2.33 bits per heavy atom. The molecule has 2 nitrogen and oxygen atoms in total. The largest absolute Gasteiger partial charge is 0.507 e. The highest BCUT2D eigenvalue weighted by Crippen LogP contribution is 2.18. The van der Waals surface area contributed by atoms with E-state index < -0.39 is 0 Å². The predicted molar refractivity (Wildman–Crippen MR) is 41.1 cm³/mol. The van der Waals surface area contributed by atoms with Crippen LogP contribution in [-0.4, -0.2) is 5.11 Å². The van der Waals surface area contributed by atoms with Crippen molar-refractivity contribution in [2.75, 3.05) is 0 Å². The van der Waals surface area contributed by atoms with Gasteiger partial charge in [0.1, 0.15) is 5.75 Å². The van der Waals surface area contributed by atoms with E-state index in [0.29, 0.717) is 12.3 Å². The van der Waals surface area contributed by atoms with Gasteiger partial charge in [-0.25, -0.2) is 0 Å². The van der Waals surface area contributed by atoms with Crippen LogP contribution < -0.4 is 5.73 Å². The third-order valence-electron chi connectivity index (χ3n) is 0.841. The molecule has 0 amide bonds. The monoisotopic (exact) mass is 165 g/mol. The molecule has 0 aliphatic rings. The summed E-state index contributed by atoms with van der Waals surface area (Å²) in [6.45, 7) is 0.519. The fourth-order valence-corrected chi connectivity index (χ4v) is 1.10. The quantitative estimate of drug-likeness (QED) is 0.660. The number of nitrogens with two attached hydrogens (primary N) is 1. The molecule has 0 bridgehead atoms. The zero-order valence-corrected chi connectivity index (χ0v) is 6.34. The van der Waals surface area contributed by atoms with Crippen molar-refractivity contribution in [3.8, 4) is 5.75 Å². The smallest absolute Gasteiger partial charge is 0.126 e. The van der Waals surface area contributed by atoms with Crippen LogP contribution in [0.25, 0.3) is 0 Å². The molecule has 1 aromatic heterocycles. The fraction of sp³-hybridized carbons (Fsp3) is 0.200. The van der Waals surface area contributed by atoms with Crippen molar-refractivity contribution >= 4 is 23.7 Å². The van der Waals surface area contributed by atoms with E-state index in [2.05, 4.69) is 0 Å². The maximum atomic E-state index is 8.74. The van der Waals surface area contributed by atoms with Crippen LogP contribution >= 0.6 is 23.7 Å². The molecule has 4 heteroatoms. The molecule has 0 unspecified atom stereocenters. The van der Waals surface area contributed by atoms with Crippen LogP contribution in [0, 0.1) is 0 Å². The van der Waals surface area contributed by atoms with Crippen LogP contribution in [0.4, 0.5) is 0 Å². The van der Waals surface area contributed by atoms with E-state index in [-0.39, 0.29) is 12.4 Å². The van der Waals surface area contributed by atoms with Gasteiger partial charge in [-0.2, -0.15) is 0 Å². The van der Waals surface area contributed by atoms with Gasteiger partial charge < -0.3 is 10.8 Å². The van der Waals surface area contributed by atoms with Crippen LogP contribution in [0.1, 0.15) is 4.88 Å². The molecule has 9 heavy (non-hydrogen) atoms. The van der Waals surface area contributed by atoms with Crippen LogP contribution in [0.2, 0.25) is 0 Å². The predicted octanol–water partition coefficient (Wildman–Crippen LogP) is 1.33. The van der Waals surface area contributed by atoms with Crippen LogP contribution in [0.3, 0.4) is 0 Å². The van der Waals surface area contributed by atoms with Crippen molar-refractivity contribution in [1.29, 1.82) is 0 Å². The lowest BCUT2D eigenvalue weighted by Crippen LogP contribution is -1.90. The SMILES string of the molecule is Cl.NCc1cc(O)cs1. The summed E-state index contributed by atoms with van der Waals surface area (Å²) in [5, 5.41) is 10.4. The topological polar surface area (TPSA) is 46.2 Å². The molecular formula is C5H8ClNOS. The van der Waals surface area contributed by atoms with Gasteiger partial charge in [-0.3, -0.25) is 0 Å². The molecule has 52 valence electrons. The second-order valence-corrected chi connectivity index (χ2v) is 2.47. The molecule has 1 aromatic rings. The average molecular weight is 166 g/mol. The van der Waals surface area contributed by atoms with Gasteiger partial charge >= 0.3 is 0 Å². The number of thiophene rings is 1. The number of rotatable bonds is 1. The van der Waals surface area contributed by atoms with E-state index in [1.54, 1.807) is 11.4 Å². The van der Waals surface area contributed by atoms with Gasteiger partial charge in [0, 0.05) is 16.8 Å². The first-order valence-electron chi connectivity index (χ1n) is 2.29. The van der Waals surface area contributed by atoms with E-state index in [9.17, 15) is 0 Å². The van der Waals surface area contributed by atoms with Crippen LogP contribution in [0.15, 0.2) is 11.4 Å². The summed E-state index contributed by atoms with van der Waals surface area (Å²) in [6, 6.07) is 1.67. The Labute approximate surface area is 63.7 Å². The van der Waals surface area contributed by atoms with E-state index in [1.165, 1.54) is 11.3 Å². The van der Waals surface area contributed by atoms with Crippen molar-refractivity contribution in [2.24, 2.45) is 5.73 Å². The second kappa shape index (κ2) is 3.71. The minimum atomic E-state index is 0. The Hall–Kier alpha value is -0.250. The standard InChI is InChI=1S/C5H7NOS.ClH/c6-2-5-1-4(7)3-8-5;/h1,3,7H,2,6H2;1H. The molecule has 0 saturated heterocycles. The normalized spacial score (nSPS) is 8.56. The molecule has 0 aliphatic carbocycles. The Morgan fingerprint density at radius 1 is 1.67 bits per heavy atom. The molecule has 0 fully saturated rings. The van der Waals surface area contributed by atoms with Gasteiger partial charge in [-0.05, 0) is 6.07 Å². The lowest BCUT2D eigenvalue weighted by atomic mass is 10.4. The summed E-state index contributed by atoms with van der Waals surface area (Å²) in [5.41, 5.74) is 5.26. The molecule has 0 atom stereocenters. The first kappa shape index (κ1) is 8.75. The number of hydrogen-bond acceptors (Lipinski definition) is 3. The second-order valence-electron chi connectivity index (χ2n) is 1.48. The summed E-state index contributed by atoms with van der Waals surface area (Å²) >= 11 is 1.47. The van der Waals surface area contributed by atoms with Crippen molar-refractivity contribution in [2.45, 2.75) is 6.54 Å². The molecule has 1 heterocycles. The summed E-state index contributed by atoms with van der Waals surface area (Å²) in [7, 11) is 0. The third-order valence-corrected chi connectivity index (χ3v) is 1.79. The van der Waals surface area contributed by atoms with E-state index in [1.807, 2.05) is 0 Å². The molecule has 0 aliphatic heterocycles. The lowest BCUT2D eigenvalue weighted by molar-refractivity contribution is 0.477. The summed E-state index contributed by atoms with van der Waals surface area (Å²) in [5.74, 6) is 0.315. The average Bonchev–Trinajstić information content (AvgIpc) is 2.14. The maximum Gasteiger partial charge on any atom is 0.126 e. The molecule has 0 saturated carbocycles. The first-order valence-corrected chi connectivity index (χ1v) is 3.17. The van der Waals surface area contributed by atoms with Crippen LogP contribution in [-0.2, 0) is 6.54 Å². The number of aromatic hydroxyl groups is 1. The Morgan fingerprint density at radius 3 is 2.56 bits per heavy atom. The minimum absolute atomic E-state index is 0. The fourth-order valence-electron chi connectivity index (χ4n) is 0.476. The van der Waals surface area contributed by atoms with Crippen molar-refractivity contribution in [3.05, 3.63) is 16.3 Å². The molecule has 1 rings (SSSR count). The van der Waals surface area contributed by atoms with Crippen LogP contribution in [0.5, 0.6) is 5.75 Å². The molecule has 0 aromatic carbocycles. The zero-order valence-electron chi connectivity index (χ0n) is 4.70. The minimum Gasteiger partial charge on any atom is -0.507 e.